The molecule has 0 saturated heterocycles. The van der Waals surface area contributed by atoms with Gasteiger partial charge in [0.05, 0.1) is 6.61 Å². The van der Waals surface area contributed by atoms with Gasteiger partial charge in [-0.15, -0.1) is 0 Å². The lowest BCUT2D eigenvalue weighted by Crippen LogP contribution is -2.31. The summed E-state index contributed by atoms with van der Waals surface area (Å²) < 4.78 is 0. The summed E-state index contributed by atoms with van der Waals surface area (Å²) >= 11 is 6.11. The quantitative estimate of drug-likeness (QED) is 0.858. The Morgan fingerprint density at radius 3 is 2.88 bits per heavy atom. The average molecular weight is 359 g/mol. The molecule has 2 heterocycles. The van der Waals surface area contributed by atoms with Gasteiger partial charge in [-0.25, -0.2) is 9.97 Å². The highest BCUT2D eigenvalue weighted by Gasteiger charge is 2.28. The Balaban J connectivity index is 1.61. The molecule has 1 saturated carbocycles. The number of fused-ring (bicyclic) bond motifs is 1. The molecule has 4 rings (SSSR count). The van der Waals surface area contributed by atoms with Crippen molar-refractivity contribution in [3.63, 3.8) is 0 Å². The van der Waals surface area contributed by atoms with E-state index in [1.165, 1.54) is 24.0 Å². The second-order valence-electron chi connectivity index (χ2n) is 7.06. The van der Waals surface area contributed by atoms with Crippen molar-refractivity contribution in [2.75, 3.05) is 23.4 Å². The van der Waals surface area contributed by atoms with Gasteiger partial charge < -0.3 is 15.3 Å². The van der Waals surface area contributed by atoms with E-state index in [-0.39, 0.29) is 12.6 Å². The van der Waals surface area contributed by atoms with Crippen LogP contribution in [-0.4, -0.2) is 34.3 Å². The minimum atomic E-state index is -0.0287. The van der Waals surface area contributed by atoms with Crippen molar-refractivity contribution in [3.8, 4) is 0 Å². The molecule has 1 aliphatic carbocycles. The van der Waals surface area contributed by atoms with E-state index >= 15 is 0 Å². The van der Waals surface area contributed by atoms with Crippen molar-refractivity contribution in [2.24, 2.45) is 0 Å². The summed E-state index contributed by atoms with van der Waals surface area (Å²) in [6.07, 6.45) is 3.30. The number of hydrogen-bond acceptors (Lipinski definition) is 5. The first-order chi connectivity index (χ1) is 12.1. The number of hydrogen-bond donors (Lipinski definition) is 2. The Labute approximate surface area is 153 Å². The zero-order valence-corrected chi connectivity index (χ0v) is 15.1. The van der Waals surface area contributed by atoms with Crippen LogP contribution < -0.4 is 10.2 Å². The Hall–Kier alpha value is -1.85. The third-order valence-electron chi connectivity index (χ3n) is 4.85. The van der Waals surface area contributed by atoms with Crippen LogP contribution in [0.1, 0.15) is 42.6 Å². The van der Waals surface area contributed by atoms with Crippen LogP contribution in [0.2, 0.25) is 5.02 Å². The third-order valence-corrected chi connectivity index (χ3v) is 5.08. The molecule has 2 aliphatic rings. The first-order valence-electron chi connectivity index (χ1n) is 8.91. The molecule has 0 bridgehead atoms. The molecule has 0 radical (unpaired) electrons. The topological polar surface area (TPSA) is 61.3 Å². The average Bonchev–Trinajstić information content (AvgIpc) is 3.46. The molecule has 2 N–H and O–H groups in total. The van der Waals surface area contributed by atoms with Gasteiger partial charge in [0.15, 0.2) is 0 Å². The minimum absolute atomic E-state index is 0.0287. The fourth-order valence-corrected chi connectivity index (χ4v) is 3.42. The van der Waals surface area contributed by atoms with Gasteiger partial charge in [-0.2, -0.15) is 0 Å². The number of aliphatic hydroxyl groups excluding tert-OH is 1. The number of nitrogens with one attached hydrogen (secondary N) is 1. The van der Waals surface area contributed by atoms with Crippen molar-refractivity contribution in [1.29, 1.82) is 0 Å². The molecule has 132 valence electrons. The van der Waals surface area contributed by atoms with Crippen LogP contribution in [0.3, 0.4) is 0 Å². The number of nitrogens with zero attached hydrogens (tertiary/aromatic N) is 3. The molecule has 0 unspecified atom stereocenters. The molecule has 0 amide bonds. The summed E-state index contributed by atoms with van der Waals surface area (Å²) in [6, 6.07) is 8.10. The van der Waals surface area contributed by atoms with E-state index in [9.17, 15) is 5.11 Å². The summed E-state index contributed by atoms with van der Waals surface area (Å²) in [4.78, 5) is 11.8. The summed E-state index contributed by atoms with van der Waals surface area (Å²) in [5.41, 5.74) is 2.63. The van der Waals surface area contributed by atoms with Gasteiger partial charge in [0.1, 0.15) is 17.5 Å². The molecule has 1 aliphatic heterocycles. The van der Waals surface area contributed by atoms with E-state index in [1.807, 2.05) is 19.1 Å². The van der Waals surface area contributed by atoms with Gasteiger partial charge in [-0.1, -0.05) is 17.7 Å². The van der Waals surface area contributed by atoms with Crippen molar-refractivity contribution in [1.82, 2.24) is 9.97 Å². The van der Waals surface area contributed by atoms with Crippen LogP contribution in [0, 0.1) is 0 Å². The van der Waals surface area contributed by atoms with Gasteiger partial charge in [-0.3, -0.25) is 0 Å². The number of benzene rings is 1. The van der Waals surface area contributed by atoms with Gasteiger partial charge >= 0.3 is 0 Å². The van der Waals surface area contributed by atoms with Crippen molar-refractivity contribution >= 4 is 23.2 Å². The summed E-state index contributed by atoms with van der Waals surface area (Å²) in [5.74, 6) is 3.17. The Morgan fingerprint density at radius 1 is 1.28 bits per heavy atom. The molecule has 2 aromatic rings. The van der Waals surface area contributed by atoms with Gasteiger partial charge in [0.2, 0.25) is 0 Å². The van der Waals surface area contributed by atoms with Gasteiger partial charge in [0, 0.05) is 36.1 Å². The maximum atomic E-state index is 9.31. The highest BCUT2D eigenvalue weighted by atomic mass is 35.5. The van der Waals surface area contributed by atoms with Crippen LogP contribution in [0.4, 0.5) is 11.6 Å². The number of rotatable bonds is 5. The monoisotopic (exact) mass is 358 g/mol. The molecular weight excluding hydrogens is 336 g/mol. The highest BCUT2D eigenvalue weighted by Crippen LogP contribution is 2.39. The minimum Gasteiger partial charge on any atom is -0.394 e. The fourth-order valence-electron chi connectivity index (χ4n) is 3.23. The molecule has 5 nitrogen and oxygen atoms in total. The fraction of sp³-hybridized carbons (Fsp3) is 0.474. The van der Waals surface area contributed by atoms with E-state index in [0.29, 0.717) is 5.92 Å². The molecular formula is C19H23ClN4O. The molecule has 0 spiro atoms. The molecule has 1 aromatic carbocycles. The Bertz CT molecular complexity index is 778. The van der Waals surface area contributed by atoms with E-state index in [0.717, 1.165) is 42.0 Å². The molecule has 1 fully saturated rings. The van der Waals surface area contributed by atoms with Crippen molar-refractivity contribution in [3.05, 3.63) is 46.2 Å². The van der Waals surface area contributed by atoms with Crippen LogP contribution in [-0.2, 0) is 13.0 Å². The predicted molar refractivity (Wildman–Crippen MR) is 100 cm³/mol. The Morgan fingerprint density at radius 2 is 2.12 bits per heavy atom. The zero-order chi connectivity index (χ0) is 17.4. The summed E-state index contributed by atoms with van der Waals surface area (Å²) in [5, 5.41) is 13.4. The normalized spacial score (nSPS) is 18.0. The molecule has 1 aromatic heterocycles. The van der Waals surface area contributed by atoms with E-state index in [1.54, 1.807) is 0 Å². The van der Waals surface area contributed by atoms with Crippen molar-refractivity contribution in [2.45, 2.75) is 44.7 Å². The third kappa shape index (κ3) is 3.72. The molecule has 1 atom stereocenters. The van der Waals surface area contributed by atoms with E-state index in [4.69, 9.17) is 16.6 Å². The summed E-state index contributed by atoms with van der Waals surface area (Å²) in [7, 11) is 0. The standard InChI is InChI=1S/C19H23ClN4O/c1-12(11-25)21-17-9-18(23-19(22-17)13-2-3-13)24-7-6-14-8-16(20)5-4-15(14)10-24/h4-5,8-9,12-13,25H,2-3,6-7,10-11H2,1H3,(H,21,22,23)/t12-/m0/s1. The van der Waals surface area contributed by atoms with Gasteiger partial charge in [-0.05, 0) is 49.4 Å². The van der Waals surface area contributed by atoms with Crippen molar-refractivity contribution < 1.29 is 5.11 Å². The van der Waals surface area contributed by atoms with E-state index < -0.39 is 0 Å². The lowest BCUT2D eigenvalue weighted by atomic mass is 10.00. The molecule has 25 heavy (non-hydrogen) atoms. The SMILES string of the molecule is C[C@@H](CO)Nc1cc(N2CCc3cc(Cl)ccc3C2)nc(C2CC2)n1. The first-order valence-corrected chi connectivity index (χ1v) is 9.29. The predicted octanol–water partition coefficient (Wildman–Crippen LogP) is 3.36. The zero-order valence-electron chi connectivity index (χ0n) is 14.4. The first kappa shape index (κ1) is 16.6. The molecule has 6 heteroatoms. The van der Waals surface area contributed by atoms with E-state index in [2.05, 4.69) is 27.3 Å². The maximum absolute atomic E-state index is 9.31. The second-order valence-corrected chi connectivity index (χ2v) is 7.49. The van der Waals surface area contributed by atoms with Crippen LogP contribution in [0.5, 0.6) is 0 Å². The Kier molecular flexibility index (Phi) is 4.52. The number of aromatic nitrogens is 2. The van der Waals surface area contributed by atoms with Crippen LogP contribution >= 0.6 is 11.6 Å². The lowest BCUT2D eigenvalue weighted by Gasteiger charge is -2.30. The highest BCUT2D eigenvalue weighted by molar-refractivity contribution is 6.30. The number of aliphatic hydroxyl groups is 1. The second kappa shape index (κ2) is 6.81. The smallest absolute Gasteiger partial charge is 0.136 e. The van der Waals surface area contributed by atoms with Crippen LogP contribution in [0.15, 0.2) is 24.3 Å². The number of anilines is 2. The maximum Gasteiger partial charge on any atom is 0.136 e. The van der Waals surface area contributed by atoms with Crippen LogP contribution in [0.25, 0.3) is 0 Å². The number of halogens is 1. The lowest BCUT2D eigenvalue weighted by molar-refractivity contribution is 0.281. The summed E-state index contributed by atoms with van der Waals surface area (Å²) in [6.45, 7) is 3.78. The van der Waals surface area contributed by atoms with Gasteiger partial charge in [0.25, 0.3) is 0 Å². The largest absolute Gasteiger partial charge is 0.394 e.